The van der Waals surface area contributed by atoms with Gasteiger partial charge in [0.25, 0.3) is 0 Å². The zero-order valence-corrected chi connectivity index (χ0v) is 23.5. The van der Waals surface area contributed by atoms with Gasteiger partial charge >= 0.3 is 24.2 Å². The van der Waals surface area contributed by atoms with Crippen molar-refractivity contribution in [2.24, 2.45) is 10.8 Å². The average Bonchev–Trinajstić information content (AvgIpc) is 2.79. The lowest BCUT2D eigenvalue weighted by atomic mass is 9.99. The lowest BCUT2D eigenvalue weighted by Crippen LogP contribution is -2.42. The van der Waals surface area contributed by atoms with E-state index in [1.54, 1.807) is 13.8 Å². The Hall–Kier alpha value is -3.34. The largest absolute Gasteiger partial charge is 0.513 e. The van der Waals surface area contributed by atoms with Gasteiger partial charge in [-0.3, -0.25) is 9.59 Å². The first-order chi connectivity index (χ1) is 17.5. The zero-order chi connectivity index (χ0) is 29.1. The van der Waals surface area contributed by atoms with Crippen LogP contribution in [0.3, 0.4) is 0 Å². The minimum absolute atomic E-state index is 0.00801. The van der Waals surface area contributed by atoms with E-state index in [0.29, 0.717) is 5.56 Å². The molecule has 11 nitrogen and oxygen atoms in total. The van der Waals surface area contributed by atoms with E-state index in [9.17, 15) is 24.3 Å². The van der Waals surface area contributed by atoms with Gasteiger partial charge in [0, 0.05) is 13.0 Å². The van der Waals surface area contributed by atoms with E-state index in [1.165, 1.54) is 18.2 Å². The van der Waals surface area contributed by atoms with E-state index in [1.807, 2.05) is 41.5 Å². The Morgan fingerprint density at radius 3 is 1.89 bits per heavy atom. The summed E-state index contributed by atoms with van der Waals surface area (Å²) in [5.74, 6) is -1.75. The summed E-state index contributed by atoms with van der Waals surface area (Å²) in [5, 5.41) is 12.5. The van der Waals surface area contributed by atoms with Gasteiger partial charge in [-0.25, -0.2) is 9.59 Å². The molecule has 0 saturated carbocycles. The van der Waals surface area contributed by atoms with Crippen LogP contribution in [0.2, 0.25) is 0 Å². The van der Waals surface area contributed by atoms with E-state index in [4.69, 9.17) is 23.7 Å². The summed E-state index contributed by atoms with van der Waals surface area (Å²) in [6.45, 7) is 14.9. The van der Waals surface area contributed by atoms with Gasteiger partial charge in [0.2, 0.25) is 0 Å². The normalized spacial score (nSPS) is 13.2. The van der Waals surface area contributed by atoms with Crippen LogP contribution in [-0.4, -0.2) is 61.3 Å². The van der Waals surface area contributed by atoms with Crippen LogP contribution in [0.25, 0.3) is 0 Å². The van der Waals surface area contributed by atoms with Crippen molar-refractivity contribution in [3.05, 3.63) is 23.8 Å². The molecule has 1 rings (SSSR count). The first kappa shape index (κ1) is 32.7. The van der Waals surface area contributed by atoms with Crippen molar-refractivity contribution in [1.82, 2.24) is 5.32 Å². The van der Waals surface area contributed by atoms with Crippen molar-refractivity contribution >= 4 is 24.2 Å². The van der Waals surface area contributed by atoms with Crippen LogP contribution >= 0.6 is 0 Å². The molecular formula is C27H41NO10. The second-order valence-electron chi connectivity index (χ2n) is 11.3. The quantitative estimate of drug-likeness (QED) is 0.216. The molecule has 0 spiro atoms. The summed E-state index contributed by atoms with van der Waals surface area (Å²) in [7, 11) is 0. The fraction of sp³-hybridized carbons (Fsp3) is 0.630. The Balaban J connectivity index is 3.06. The van der Waals surface area contributed by atoms with Crippen molar-refractivity contribution in [3.8, 4) is 11.5 Å². The highest BCUT2D eigenvalue weighted by Gasteiger charge is 2.23. The standard InChI is InChI=1S/C27H41NO10/c1-9-22(29)36-17(2)14-28-19(23(30)31)12-18-10-11-20(37-24(32)34-15-26(3,4)5)21(13-18)38-25(33)35-16-27(6,7)8/h10-11,13,17,19,28H,9,12,14-16H2,1-8H3,(H,30,31)/t17?,19-/m0/s1. The molecule has 214 valence electrons. The van der Waals surface area contributed by atoms with Gasteiger partial charge in [0.15, 0.2) is 11.5 Å². The molecule has 2 N–H and O–H groups in total. The molecule has 1 aromatic carbocycles. The second-order valence-corrected chi connectivity index (χ2v) is 11.3. The van der Waals surface area contributed by atoms with Crippen molar-refractivity contribution in [2.75, 3.05) is 19.8 Å². The Morgan fingerprint density at radius 1 is 0.895 bits per heavy atom. The van der Waals surface area contributed by atoms with Crippen LogP contribution < -0.4 is 14.8 Å². The summed E-state index contributed by atoms with van der Waals surface area (Å²) in [6.07, 6.45) is -2.32. The average molecular weight is 540 g/mol. The minimum atomic E-state index is -1.13. The third kappa shape index (κ3) is 13.8. The number of carboxylic acid groups (broad SMARTS) is 1. The summed E-state index contributed by atoms with van der Waals surface area (Å²) in [6, 6.07) is 3.27. The highest BCUT2D eigenvalue weighted by Crippen LogP contribution is 2.30. The molecule has 0 aromatic heterocycles. The summed E-state index contributed by atoms with van der Waals surface area (Å²) in [4.78, 5) is 47.8. The Kier molecular flexibility index (Phi) is 12.5. The van der Waals surface area contributed by atoms with E-state index >= 15 is 0 Å². The molecule has 0 aliphatic heterocycles. The number of carbonyl (C=O) groups excluding carboxylic acids is 3. The highest BCUT2D eigenvalue weighted by molar-refractivity contribution is 5.74. The van der Waals surface area contributed by atoms with Gasteiger partial charge < -0.3 is 34.1 Å². The SMILES string of the molecule is CCC(=O)OC(C)CN[C@@H](Cc1ccc(OC(=O)OCC(C)(C)C)c(OC(=O)OCC(C)(C)C)c1)C(=O)O. The predicted octanol–water partition coefficient (Wildman–Crippen LogP) is 4.74. The Bertz CT molecular complexity index is 962. The molecule has 1 aromatic rings. The molecule has 0 saturated heterocycles. The molecule has 0 radical (unpaired) electrons. The maximum atomic E-state index is 12.3. The number of carbonyl (C=O) groups is 4. The molecular weight excluding hydrogens is 498 g/mol. The van der Waals surface area contributed by atoms with E-state index in [2.05, 4.69) is 5.32 Å². The van der Waals surface area contributed by atoms with Gasteiger partial charge in [0.1, 0.15) is 12.1 Å². The number of carboxylic acids is 1. The number of aliphatic carboxylic acids is 1. The third-order valence-corrected chi connectivity index (χ3v) is 4.65. The van der Waals surface area contributed by atoms with Crippen molar-refractivity contribution in [2.45, 2.75) is 80.4 Å². The number of esters is 1. The molecule has 0 heterocycles. The van der Waals surface area contributed by atoms with E-state index < -0.39 is 30.4 Å². The lowest BCUT2D eigenvalue weighted by molar-refractivity contribution is -0.147. The smallest absolute Gasteiger partial charge is 0.480 e. The van der Waals surface area contributed by atoms with Gasteiger partial charge in [-0.2, -0.15) is 0 Å². The predicted molar refractivity (Wildman–Crippen MR) is 138 cm³/mol. The number of ether oxygens (including phenoxy) is 5. The van der Waals surface area contributed by atoms with Crippen LogP contribution in [0.5, 0.6) is 11.5 Å². The van der Waals surface area contributed by atoms with Crippen LogP contribution in [0, 0.1) is 10.8 Å². The maximum Gasteiger partial charge on any atom is 0.513 e. The molecule has 0 fully saturated rings. The summed E-state index contributed by atoms with van der Waals surface area (Å²) in [5.41, 5.74) is -0.124. The molecule has 1 unspecified atom stereocenters. The van der Waals surface area contributed by atoms with Crippen LogP contribution in [0.15, 0.2) is 18.2 Å². The van der Waals surface area contributed by atoms with Crippen molar-refractivity contribution in [1.29, 1.82) is 0 Å². The molecule has 0 aliphatic rings. The minimum Gasteiger partial charge on any atom is -0.480 e. The molecule has 0 bridgehead atoms. The number of hydrogen-bond donors (Lipinski definition) is 2. The number of hydrogen-bond acceptors (Lipinski definition) is 10. The second kappa shape index (κ2) is 14.6. The Morgan fingerprint density at radius 2 is 1.42 bits per heavy atom. The van der Waals surface area contributed by atoms with Crippen LogP contribution in [0.4, 0.5) is 9.59 Å². The highest BCUT2D eigenvalue weighted by atomic mass is 16.7. The lowest BCUT2D eigenvalue weighted by Gasteiger charge is -2.20. The molecule has 11 heteroatoms. The third-order valence-electron chi connectivity index (χ3n) is 4.65. The molecule has 0 aliphatic carbocycles. The number of nitrogens with one attached hydrogen (secondary N) is 1. The molecule has 0 amide bonds. The summed E-state index contributed by atoms with van der Waals surface area (Å²) >= 11 is 0. The van der Waals surface area contributed by atoms with Gasteiger partial charge in [-0.1, -0.05) is 54.5 Å². The number of rotatable bonds is 12. The first-order valence-corrected chi connectivity index (χ1v) is 12.5. The van der Waals surface area contributed by atoms with Crippen LogP contribution in [0.1, 0.15) is 67.4 Å². The van der Waals surface area contributed by atoms with Gasteiger partial charge in [0.05, 0.1) is 13.2 Å². The van der Waals surface area contributed by atoms with E-state index in [-0.39, 0.29) is 60.9 Å². The van der Waals surface area contributed by atoms with E-state index in [0.717, 1.165) is 0 Å². The van der Waals surface area contributed by atoms with Crippen molar-refractivity contribution in [3.63, 3.8) is 0 Å². The van der Waals surface area contributed by atoms with Crippen LogP contribution in [-0.2, 0) is 30.2 Å². The molecule has 2 atom stereocenters. The fourth-order valence-electron chi connectivity index (χ4n) is 2.77. The Labute approximate surface area is 224 Å². The molecule has 38 heavy (non-hydrogen) atoms. The topological polar surface area (TPSA) is 147 Å². The monoisotopic (exact) mass is 539 g/mol. The fourth-order valence-corrected chi connectivity index (χ4v) is 2.77. The first-order valence-electron chi connectivity index (χ1n) is 12.5. The van der Waals surface area contributed by atoms with Crippen molar-refractivity contribution < 1.29 is 48.0 Å². The summed E-state index contributed by atoms with van der Waals surface area (Å²) < 4.78 is 26.0. The van der Waals surface area contributed by atoms with Gasteiger partial charge in [-0.05, 0) is 41.9 Å². The maximum absolute atomic E-state index is 12.3. The number of benzene rings is 1. The zero-order valence-electron chi connectivity index (χ0n) is 23.5. The van der Waals surface area contributed by atoms with Gasteiger partial charge in [-0.15, -0.1) is 0 Å².